The number of aromatic nitrogens is 4. The van der Waals surface area contributed by atoms with E-state index < -0.39 is 11.1 Å². The van der Waals surface area contributed by atoms with E-state index in [9.17, 15) is 14.9 Å². The number of nitriles is 1. The molecule has 0 saturated heterocycles. The number of hydrogen-bond acceptors (Lipinski definition) is 3. The molecular formula is C23H14N6O2. The predicted octanol–water partition coefficient (Wildman–Crippen LogP) is 3.39. The van der Waals surface area contributed by atoms with Crippen molar-refractivity contribution in [3.8, 4) is 17.4 Å². The van der Waals surface area contributed by atoms with Crippen LogP contribution in [0, 0.1) is 17.9 Å². The van der Waals surface area contributed by atoms with Crippen LogP contribution in [0.2, 0.25) is 0 Å². The summed E-state index contributed by atoms with van der Waals surface area (Å²) in [7, 11) is 0. The normalized spacial score (nSPS) is 10.0. The maximum atomic E-state index is 12.7. The van der Waals surface area contributed by atoms with Crippen molar-refractivity contribution in [3.05, 3.63) is 115 Å². The summed E-state index contributed by atoms with van der Waals surface area (Å²) in [5, 5.41) is 14.9. The second kappa shape index (κ2) is 8.14. The summed E-state index contributed by atoms with van der Waals surface area (Å²) < 4.78 is 2.52. The summed E-state index contributed by atoms with van der Waals surface area (Å²) in [5.41, 5.74) is 3.36. The van der Waals surface area contributed by atoms with Gasteiger partial charge in [-0.05, 0) is 36.4 Å². The summed E-state index contributed by atoms with van der Waals surface area (Å²) in [5.74, 6) is 0.0472. The van der Waals surface area contributed by atoms with Crippen molar-refractivity contribution in [1.82, 2.24) is 19.6 Å². The topological polar surface area (TPSA) is 104 Å². The SMILES string of the molecule is [C-]#[N+]c1[nH]n(-c2ccccc2)c(=O)c1C=C=Cc1c(C#N)[nH]n(-c2ccccc2)c1=O. The fourth-order valence-electron chi connectivity index (χ4n) is 3.05. The Morgan fingerprint density at radius 2 is 1.35 bits per heavy atom. The summed E-state index contributed by atoms with van der Waals surface area (Å²) >= 11 is 0. The Kier molecular flexibility index (Phi) is 5.06. The fraction of sp³-hybridized carbons (Fsp3) is 0. The maximum Gasteiger partial charge on any atom is 0.284 e. The van der Waals surface area contributed by atoms with Gasteiger partial charge in [-0.15, -0.1) is 5.73 Å². The Hall–Kier alpha value is -5.04. The van der Waals surface area contributed by atoms with Crippen LogP contribution in [0.15, 0.2) is 76.0 Å². The van der Waals surface area contributed by atoms with Crippen LogP contribution in [0.25, 0.3) is 28.4 Å². The van der Waals surface area contributed by atoms with E-state index in [4.69, 9.17) is 6.57 Å². The average Bonchev–Trinajstić information content (AvgIpc) is 3.31. The van der Waals surface area contributed by atoms with E-state index in [0.29, 0.717) is 11.4 Å². The number of benzene rings is 2. The van der Waals surface area contributed by atoms with Crippen molar-refractivity contribution < 1.29 is 0 Å². The summed E-state index contributed by atoms with van der Waals surface area (Å²) in [6.45, 7) is 7.34. The molecule has 0 bridgehead atoms. The number of rotatable bonds is 4. The van der Waals surface area contributed by atoms with E-state index in [1.165, 1.54) is 21.5 Å². The van der Waals surface area contributed by atoms with Gasteiger partial charge >= 0.3 is 0 Å². The van der Waals surface area contributed by atoms with Gasteiger partial charge in [-0.2, -0.15) is 9.94 Å². The second-order valence-corrected chi connectivity index (χ2v) is 6.41. The lowest BCUT2D eigenvalue weighted by atomic mass is 10.2. The van der Waals surface area contributed by atoms with Crippen molar-refractivity contribution in [2.75, 3.05) is 0 Å². The van der Waals surface area contributed by atoms with Crippen LogP contribution < -0.4 is 11.1 Å². The highest BCUT2D eigenvalue weighted by Gasteiger charge is 2.14. The fourth-order valence-corrected chi connectivity index (χ4v) is 3.05. The van der Waals surface area contributed by atoms with Gasteiger partial charge < -0.3 is 4.85 Å². The molecule has 4 rings (SSSR count). The first-order valence-corrected chi connectivity index (χ1v) is 9.15. The van der Waals surface area contributed by atoms with Gasteiger partial charge in [0.2, 0.25) is 0 Å². The molecule has 8 heteroatoms. The van der Waals surface area contributed by atoms with Gasteiger partial charge in [0, 0.05) is 0 Å². The zero-order chi connectivity index (χ0) is 21.8. The minimum atomic E-state index is -0.426. The molecule has 2 aromatic carbocycles. The lowest BCUT2D eigenvalue weighted by molar-refractivity contribution is 0.843. The van der Waals surface area contributed by atoms with Crippen LogP contribution in [0.4, 0.5) is 5.82 Å². The largest absolute Gasteiger partial charge is 0.362 e. The number of aromatic amines is 2. The molecule has 0 saturated carbocycles. The molecular weight excluding hydrogens is 392 g/mol. The highest BCUT2D eigenvalue weighted by atomic mass is 16.1. The van der Waals surface area contributed by atoms with E-state index in [-0.39, 0.29) is 22.6 Å². The van der Waals surface area contributed by atoms with Gasteiger partial charge in [0.25, 0.3) is 16.9 Å². The standard InChI is InChI=1S/C23H14N6O2/c1-25-21-19(23(31)29(27-21)17-11-6-3-7-12-17)14-8-13-18-20(15-24)26-28(22(18)30)16-9-4-2-5-10-16/h2-7,9-14,26-27H. The number of H-pyrrole nitrogens is 2. The molecule has 0 aliphatic rings. The minimum Gasteiger partial charge on any atom is -0.362 e. The van der Waals surface area contributed by atoms with Crippen LogP contribution in [-0.2, 0) is 0 Å². The molecule has 8 nitrogen and oxygen atoms in total. The molecule has 4 aromatic rings. The molecule has 0 aliphatic heterocycles. The number of hydrogen-bond donors (Lipinski definition) is 2. The highest BCUT2D eigenvalue weighted by Crippen LogP contribution is 2.16. The lowest BCUT2D eigenvalue weighted by Crippen LogP contribution is -2.15. The second-order valence-electron chi connectivity index (χ2n) is 6.41. The Balaban J connectivity index is 1.78. The number of para-hydroxylation sites is 2. The maximum absolute atomic E-state index is 12.7. The van der Waals surface area contributed by atoms with Crippen LogP contribution >= 0.6 is 0 Å². The van der Waals surface area contributed by atoms with Gasteiger partial charge in [0.1, 0.15) is 11.8 Å². The zero-order valence-corrected chi connectivity index (χ0v) is 16.0. The summed E-state index contributed by atoms with van der Waals surface area (Å²) in [4.78, 5) is 28.9. The first-order valence-electron chi connectivity index (χ1n) is 9.15. The third kappa shape index (κ3) is 3.54. The van der Waals surface area contributed by atoms with Crippen molar-refractivity contribution in [3.63, 3.8) is 0 Å². The van der Waals surface area contributed by atoms with Crippen LogP contribution in [-0.4, -0.2) is 19.6 Å². The quantitative estimate of drug-likeness (QED) is 0.401. The van der Waals surface area contributed by atoms with Gasteiger partial charge in [-0.1, -0.05) is 43.0 Å². The van der Waals surface area contributed by atoms with Gasteiger partial charge in [-0.25, -0.2) is 9.78 Å². The molecule has 0 radical (unpaired) electrons. The molecule has 0 atom stereocenters. The minimum absolute atomic E-state index is 0.0472. The molecule has 0 fully saturated rings. The molecule has 0 unspecified atom stereocenters. The Bertz CT molecular complexity index is 1400. The van der Waals surface area contributed by atoms with E-state index in [0.717, 1.165) is 0 Å². The van der Waals surface area contributed by atoms with Crippen LogP contribution in [0.1, 0.15) is 16.8 Å². The molecule has 0 aliphatic carbocycles. The van der Waals surface area contributed by atoms with Crippen molar-refractivity contribution in [2.24, 2.45) is 0 Å². The van der Waals surface area contributed by atoms with Gasteiger partial charge in [0.15, 0.2) is 0 Å². The van der Waals surface area contributed by atoms with E-state index in [1.807, 2.05) is 18.2 Å². The molecule has 2 aromatic heterocycles. The third-order valence-corrected chi connectivity index (χ3v) is 4.54. The van der Waals surface area contributed by atoms with E-state index >= 15 is 0 Å². The van der Waals surface area contributed by atoms with Crippen molar-refractivity contribution in [1.29, 1.82) is 5.26 Å². The van der Waals surface area contributed by atoms with E-state index in [1.54, 1.807) is 48.5 Å². The summed E-state index contributed by atoms with van der Waals surface area (Å²) in [6, 6.07) is 19.6. The lowest BCUT2D eigenvalue weighted by Gasteiger charge is -1.98. The van der Waals surface area contributed by atoms with Crippen LogP contribution in [0.3, 0.4) is 0 Å². The predicted molar refractivity (Wildman–Crippen MR) is 116 cm³/mol. The summed E-state index contributed by atoms with van der Waals surface area (Å²) in [6.07, 6.45) is 2.65. The first kappa shape index (κ1) is 19.3. The molecule has 2 heterocycles. The number of nitrogens with one attached hydrogen (secondary N) is 2. The van der Waals surface area contributed by atoms with Gasteiger partial charge in [-0.3, -0.25) is 14.7 Å². The average molecular weight is 406 g/mol. The third-order valence-electron chi connectivity index (χ3n) is 4.54. The van der Waals surface area contributed by atoms with Crippen molar-refractivity contribution >= 4 is 18.0 Å². The first-order chi connectivity index (χ1) is 15.1. The monoisotopic (exact) mass is 406 g/mol. The van der Waals surface area contributed by atoms with Gasteiger partial charge in [0.05, 0.1) is 22.5 Å². The Labute approximate surface area is 176 Å². The number of nitrogens with zero attached hydrogens (tertiary/aromatic N) is 4. The zero-order valence-electron chi connectivity index (χ0n) is 16.0. The highest BCUT2D eigenvalue weighted by molar-refractivity contribution is 5.67. The Morgan fingerprint density at radius 1 is 0.839 bits per heavy atom. The van der Waals surface area contributed by atoms with E-state index in [2.05, 4.69) is 20.8 Å². The van der Waals surface area contributed by atoms with Crippen LogP contribution in [0.5, 0.6) is 0 Å². The molecule has 0 spiro atoms. The molecule has 31 heavy (non-hydrogen) atoms. The van der Waals surface area contributed by atoms with Crippen molar-refractivity contribution in [2.45, 2.75) is 0 Å². The molecule has 2 N–H and O–H groups in total. The smallest absolute Gasteiger partial charge is 0.284 e. The molecule has 148 valence electrons. The Morgan fingerprint density at radius 3 is 1.90 bits per heavy atom. The molecule has 0 amide bonds.